The third-order valence-corrected chi connectivity index (χ3v) is 5.79. The van der Waals surface area contributed by atoms with Gasteiger partial charge >= 0.3 is 0 Å². The molecule has 7 nitrogen and oxygen atoms in total. The van der Waals surface area contributed by atoms with E-state index in [4.69, 9.17) is 14.0 Å². The van der Waals surface area contributed by atoms with E-state index in [0.29, 0.717) is 37.7 Å². The van der Waals surface area contributed by atoms with Crippen LogP contribution in [0.1, 0.15) is 39.0 Å². The molecule has 1 amide bonds. The Morgan fingerprint density at radius 1 is 1.12 bits per heavy atom. The summed E-state index contributed by atoms with van der Waals surface area (Å²) < 4.78 is 16.6. The van der Waals surface area contributed by atoms with Crippen molar-refractivity contribution in [1.29, 1.82) is 0 Å². The minimum atomic E-state index is -0.123. The number of amides is 1. The lowest BCUT2D eigenvalue weighted by Gasteiger charge is -2.35. The van der Waals surface area contributed by atoms with Crippen LogP contribution in [0.25, 0.3) is 0 Å². The van der Waals surface area contributed by atoms with E-state index in [9.17, 15) is 4.79 Å². The van der Waals surface area contributed by atoms with Gasteiger partial charge in [-0.05, 0) is 37.6 Å². The minimum Gasteiger partial charge on any atom is -0.489 e. The number of hydrogen-bond acceptors (Lipinski definition) is 6. The number of nitrogens with one attached hydrogen (secondary N) is 1. The van der Waals surface area contributed by atoms with Crippen molar-refractivity contribution >= 4 is 5.91 Å². The van der Waals surface area contributed by atoms with Gasteiger partial charge in [-0.15, -0.1) is 0 Å². The Balaban J connectivity index is 1.40. The Labute approximate surface area is 188 Å². The first-order chi connectivity index (χ1) is 15.6. The molecule has 1 unspecified atom stereocenters. The number of hydrogen-bond donors (Lipinski definition) is 1. The van der Waals surface area contributed by atoms with Crippen LogP contribution in [0.2, 0.25) is 0 Å². The molecular formula is C25H29N3O4. The van der Waals surface area contributed by atoms with Crippen molar-refractivity contribution in [1.82, 2.24) is 15.4 Å². The fourth-order valence-electron chi connectivity index (χ4n) is 3.90. The molecule has 1 atom stereocenters. The molecule has 2 aromatic carbocycles. The Morgan fingerprint density at radius 3 is 2.62 bits per heavy atom. The smallest absolute Gasteiger partial charge is 0.251 e. The molecule has 1 fully saturated rings. The van der Waals surface area contributed by atoms with E-state index < -0.39 is 0 Å². The van der Waals surface area contributed by atoms with Gasteiger partial charge in [0.25, 0.3) is 5.91 Å². The highest BCUT2D eigenvalue weighted by molar-refractivity contribution is 5.94. The number of benzene rings is 2. The topological polar surface area (TPSA) is 76.8 Å². The van der Waals surface area contributed by atoms with E-state index in [-0.39, 0.29) is 11.9 Å². The van der Waals surface area contributed by atoms with Crippen molar-refractivity contribution in [2.24, 2.45) is 0 Å². The maximum Gasteiger partial charge on any atom is 0.251 e. The van der Waals surface area contributed by atoms with Crippen LogP contribution in [-0.2, 0) is 11.3 Å². The number of ether oxygens (including phenoxy) is 2. The molecule has 1 aliphatic rings. The highest BCUT2D eigenvalue weighted by Gasteiger charge is 2.23. The number of rotatable bonds is 8. The van der Waals surface area contributed by atoms with E-state index in [0.717, 1.165) is 30.1 Å². The normalized spacial score (nSPS) is 15.3. The molecule has 32 heavy (non-hydrogen) atoms. The van der Waals surface area contributed by atoms with Gasteiger partial charge in [0.1, 0.15) is 18.1 Å². The average Bonchev–Trinajstić information content (AvgIpc) is 3.16. The Morgan fingerprint density at radius 2 is 1.91 bits per heavy atom. The molecule has 0 radical (unpaired) electrons. The van der Waals surface area contributed by atoms with Crippen LogP contribution in [0, 0.1) is 13.8 Å². The highest BCUT2D eigenvalue weighted by atomic mass is 16.5. The van der Waals surface area contributed by atoms with Crippen LogP contribution >= 0.6 is 0 Å². The summed E-state index contributed by atoms with van der Waals surface area (Å²) in [6.45, 7) is 7.73. The zero-order chi connectivity index (χ0) is 22.3. The first-order valence-electron chi connectivity index (χ1n) is 10.9. The molecule has 0 spiro atoms. The van der Waals surface area contributed by atoms with E-state index in [1.54, 1.807) is 12.1 Å². The predicted molar refractivity (Wildman–Crippen MR) is 121 cm³/mol. The molecule has 0 saturated carbocycles. The lowest BCUT2D eigenvalue weighted by Crippen LogP contribution is -2.43. The van der Waals surface area contributed by atoms with Gasteiger partial charge in [-0.1, -0.05) is 41.6 Å². The molecule has 0 bridgehead atoms. The highest BCUT2D eigenvalue weighted by Crippen LogP contribution is 2.22. The van der Waals surface area contributed by atoms with Crippen molar-refractivity contribution in [3.05, 3.63) is 82.7 Å². The van der Waals surface area contributed by atoms with Crippen molar-refractivity contribution in [2.45, 2.75) is 26.5 Å². The van der Waals surface area contributed by atoms with Crippen LogP contribution < -0.4 is 10.1 Å². The summed E-state index contributed by atoms with van der Waals surface area (Å²) in [5.74, 6) is 1.25. The fourth-order valence-corrected chi connectivity index (χ4v) is 3.90. The number of aromatic nitrogens is 1. The average molecular weight is 436 g/mol. The monoisotopic (exact) mass is 435 g/mol. The van der Waals surface area contributed by atoms with E-state index in [2.05, 4.69) is 27.5 Å². The van der Waals surface area contributed by atoms with Gasteiger partial charge in [-0.2, -0.15) is 0 Å². The van der Waals surface area contributed by atoms with Gasteiger partial charge in [0.15, 0.2) is 0 Å². The summed E-state index contributed by atoms with van der Waals surface area (Å²) in [7, 11) is 0. The largest absolute Gasteiger partial charge is 0.489 e. The minimum absolute atomic E-state index is 0.100. The number of carbonyl (C=O) groups is 1. The molecule has 7 heteroatoms. The fraction of sp³-hybridized carbons (Fsp3) is 0.360. The molecule has 3 aromatic rings. The zero-order valence-corrected chi connectivity index (χ0v) is 18.5. The second-order valence-corrected chi connectivity index (χ2v) is 7.90. The lowest BCUT2D eigenvalue weighted by molar-refractivity contribution is 0.0162. The summed E-state index contributed by atoms with van der Waals surface area (Å²) >= 11 is 0. The van der Waals surface area contributed by atoms with Crippen LogP contribution in [0.15, 0.2) is 59.1 Å². The van der Waals surface area contributed by atoms with Crippen molar-refractivity contribution in [3.63, 3.8) is 0 Å². The maximum atomic E-state index is 12.9. The van der Waals surface area contributed by atoms with Crippen molar-refractivity contribution in [2.75, 3.05) is 32.8 Å². The summed E-state index contributed by atoms with van der Waals surface area (Å²) in [5, 5.41) is 7.06. The van der Waals surface area contributed by atoms with Gasteiger partial charge in [-0.3, -0.25) is 9.69 Å². The Kier molecular flexibility index (Phi) is 7.19. The van der Waals surface area contributed by atoms with Crippen molar-refractivity contribution in [3.8, 4) is 5.75 Å². The van der Waals surface area contributed by atoms with Crippen LogP contribution in [-0.4, -0.2) is 48.8 Å². The van der Waals surface area contributed by atoms with Gasteiger partial charge in [0, 0.05) is 25.2 Å². The first kappa shape index (κ1) is 22.0. The molecular weight excluding hydrogens is 406 g/mol. The molecule has 168 valence electrons. The number of morpholine rings is 1. The Bertz CT molecular complexity index is 1010. The summed E-state index contributed by atoms with van der Waals surface area (Å²) in [6.07, 6.45) is 0. The summed E-state index contributed by atoms with van der Waals surface area (Å²) in [6, 6.07) is 17.6. The summed E-state index contributed by atoms with van der Waals surface area (Å²) in [5.41, 5.74) is 3.49. The van der Waals surface area contributed by atoms with Gasteiger partial charge in [0.2, 0.25) is 0 Å². The SMILES string of the molecule is Cc1noc(C)c1COc1cccc(C(=O)NCC(c2ccccc2)N2CCOCC2)c1. The molecule has 4 rings (SSSR count). The molecule has 1 N–H and O–H groups in total. The van der Waals surface area contributed by atoms with Gasteiger partial charge in [-0.25, -0.2) is 0 Å². The standard InChI is InChI=1S/C25H29N3O4/c1-18-23(19(2)32-27-18)17-31-22-10-6-9-21(15-22)25(29)26-16-24(20-7-4-3-5-8-20)28-11-13-30-14-12-28/h3-10,15,24H,11-14,16-17H2,1-2H3,(H,26,29). The van der Waals surface area contributed by atoms with Crippen LogP contribution in [0.3, 0.4) is 0 Å². The third kappa shape index (κ3) is 5.36. The maximum absolute atomic E-state index is 12.9. The quantitative estimate of drug-likeness (QED) is 0.582. The van der Waals surface area contributed by atoms with Crippen LogP contribution in [0.5, 0.6) is 5.75 Å². The number of nitrogens with zero attached hydrogens (tertiary/aromatic N) is 2. The van der Waals surface area contributed by atoms with Crippen molar-refractivity contribution < 1.29 is 18.8 Å². The van der Waals surface area contributed by atoms with Crippen LogP contribution in [0.4, 0.5) is 0 Å². The Hall–Kier alpha value is -3.16. The molecule has 0 aliphatic carbocycles. The molecule has 2 heterocycles. The first-order valence-corrected chi connectivity index (χ1v) is 10.9. The molecule has 1 saturated heterocycles. The third-order valence-electron chi connectivity index (χ3n) is 5.79. The second-order valence-electron chi connectivity index (χ2n) is 7.90. The van der Waals surface area contributed by atoms with E-state index >= 15 is 0 Å². The molecule has 1 aliphatic heterocycles. The van der Waals surface area contributed by atoms with Gasteiger partial charge in [0.05, 0.1) is 30.5 Å². The lowest BCUT2D eigenvalue weighted by atomic mass is 10.0. The number of aryl methyl sites for hydroxylation is 2. The van der Waals surface area contributed by atoms with E-state index in [1.807, 2.05) is 44.2 Å². The summed E-state index contributed by atoms with van der Waals surface area (Å²) in [4.78, 5) is 15.3. The van der Waals surface area contributed by atoms with E-state index in [1.165, 1.54) is 5.56 Å². The molecule has 1 aromatic heterocycles. The second kappa shape index (κ2) is 10.4. The van der Waals surface area contributed by atoms with Gasteiger partial charge < -0.3 is 19.3 Å². The zero-order valence-electron chi connectivity index (χ0n) is 18.5. The number of carbonyl (C=O) groups excluding carboxylic acids is 1. The predicted octanol–water partition coefficient (Wildman–Crippen LogP) is 3.67.